The SMILES string of the molecule is CCCCc1cn(-c2c(C(=O)O)cnn2CC)c(=O)n1Cc1cnccc1-c1ccc(-c2nnn[nH]2)cc1. The highest BCUT2D eigenvalue weighted by atomic mass is 16.4. The highest BCUT2D eigenvalue weighted by Crippen LogP contribution is 2.26. The van der Waals surface area contributed by atoms with Gasteiger partial charge >= 0.3 is 11.7 Å². The van der Waals surface area contributed by atoms with Crippen molar-refractivity contribution >= 4 is 5.97 Å². The fourth-order valence-electron chi connectivity index (χ4n) is 4.51. The van der Waals surface area contributed by atoms with Crippen molar-refractivity contribution in [2.75, 3.05) is 0 Å². The van der Waals surface area contributed by atoms with E-state index in [4.69, 9.17) is 0 Å². The zero-order chi connectivity index (χ0) is 26.6. The zero-order valence-corrected chi connectivity index (χ0v) is 21.1. The molecular weight excluding hydrogens is 486 g/mol. The molecule has 0 atom stereocenters. The summed E-state index contributed by atoms with van der Waals surface area (Å²) >= 11 is 0. The van der Waals surface area contributed by atoms with Gasteiger partial charge < -0.3 is 5.11 Å². The van der Waals surface area contributed by atoms with Gasteiger partial charge in [0.2, 0.25) is 0 Å². The molecule has 0 radical (unpaired) electrons. The molecule has 2 N–H and O–H groups in total. The molecule has 0 aliphatic carbocycles. The number of unbranched alkanes of at least 4 members (excludes halogenated alkanes) is 1. The Kier molecular flexibility index (Phi) is 6.94. The van der Waals surface area contributed by atoms with Crippen LogP contribution in [0.1, 0.15) is 48.3 Å². The zero-order valence-electron chi connectivity index (χ0n) is 21.1. The lowest BCUT2D eigenvalue weighted by molar-refractivity contribution is 0.0696. The number of aryl methyl sites for hydroxylation is 2. The second kappa shape index (κ2) is 10.6. The largest absolute Gasteiger partial charge is 0.477 e. The van der Waals surface area contributed by atoms with E-state index in [1.54, 1.807) is 23.2 Å². The molecule has 38 heavy (non-hydrogen) atoms. The molecule has 12 heteroatoms. The number of tetrazole rings is 1. The lowest BCUT2D eigenvalue weighted by atomic mass is 10.00. The van der Waals surface area contributed by atoms with Crippen LogP contribution >= 0.6 is 0 Å². The van der Waals surface area contributed by atoms with E-state index in [1.807, 2.05) is 37.3 Å². The fourth-order valence-corrected chi connectivity index (χ4v) is 4.51. The summed E-state index contributed by atoms with van der Waals surface area (Å²) in [6.45, 7) is 4.65. The normalized spacial score (nSPS) is 11.2. The second-order valence-corrected chi connectivity index (χ2v) is 8.83. The van der Waals surface area contributed by atoms with Crippen molar-refractivity contribution < 1.29 is 9.90 Å². The minimum atomic E-state index is -1.13. The molecule has 4 aromatic heterocycles. The lowest BCUT2D eigenvalue weighted by Gasteiger charge is -2.12. The minimum absolute atomic E-state index is 0.0164. The average Bonchev–Trinajstić information content (AvgIpc) is 3.68. The van der Waals surface area contributed by atoms with Crippen LogP contribution in [0, 0.1) is 0 Å². The number of carboxylic acids is 1. The first-order valence-corrected chi connectivity index (χ1v) is 12.4. The van der Waals surface area contributed by atoms with Crippen molar-refractivity contribution in [2.24, 2.45) is 0 Å². The van der Waals surface area contributed by atoms with E-state index in [0.29, 0.717) is 18.8 Å². The van der Waals surface area contributed by atoms with E-state index < -0.39 is 5.97 Å². The summed E-state index contributed by atoms with van der Waals surface area (Å²) < 4.78 is 4.63. The van der Waals surface area contributed by atoms with Crippen molar-refractivity contribution in [3.8, 4) is 28.3 Å². The summed E-state index contributed by atoms with van der Waals surface area (Å²) in [5.41, 5.74) is 4.09. The third kappa shape index (κ3) is 4.63. The smallest absolute Gasteiger partial charge is 0.341 e. The van der Waals surface area contributed by atoms with Crippen LogP contribution in [0.15, 0.2) is 59.9 Å². The Hall–Kier alpha value is -4.87. The molecule has 1 aromatic carbocycles. The molecule has 0 aliphatic heterocycles. The van der Waals surface area contributed by atoms with Crippen LogP contribution in [0.2, 0.25) is 0 Å². The number of hydrogen-bond acceptors (Lipinski definition) is 7. The maximum Gasteiger partial charge on any atom is 0.341 e. The Labute approximate surface area is 217 Å². The summed E-state index contributed by atoms with van der Waals surface area (Å²) in [6, 6.07) is 9.72. The molecule has 0 amide bonds. The molecule has 5 rings (SSSR count). The van der Waals surface area contributed by atoms with E-state index in [1.165, 1.54) is 15.4 Å². The molecule has 5 aromatic rings. The van der Waals surface area contributed by atoms with Gasteiger partial charge in [-0.1, -0.05) is 37.6 Å². The summed E-state index contributed by atoms with van der Waals surface area (Å²) in [5, 5.41) is 27.9. The molecule has 0 saturated heterocycles. The van der Waals surface area contributed by atoms with Gasteiger partial charge in [-0.15, -0.1) is 5.10 Å². The molecule has 0 saturated carbocycles. The Morgan fingerprint density at radius 3 is 2.55 bits per heavy atom. The van der Waals surface area contributed by atoms with Crippen LogP contribution in [0.5, 0.6) is 0 Å². The number of pyridine rings is 1. The van der Waals surface area contributed by atoms with Crippen LogP contribution < -0.4 is 5.69 Å². The lowest BCUT2D eigenvalue weighted by Crippen LogP contribution is -2.27. The van der Waals surface area contributed by atoms with Gasteiger partial charge in [0.25, 0.3) is 0 Å². The first kappa shape index (κ1) is 24.8. The Morgan fingerprint density at radius 2 is 1.87 bits per heavy atom. The molecule has 0 unspecified atom stereocenters. The summed E-state index contributed by atoms with van der Waals surface area (Å²) in [5.74, 6) is -0.300. The minimum Gasteiger partial charge on any atom is -0.477 e. The van der Waals surface area contributed by atoms with Gasteiger partial charge in [-0.05, 0) is 52.9 Å². The Morgan fingerprint density at radius 1 is 1.08 bits per heavy atom. The fraction of sp³-hybridized carbons (Fsp3) is 0.269. The number of imidazole rings is 1. The molecule has 0 spiro atoms. The standard InChI is InChI=1S/C26H27N9O3/c1-3-5-6-20-16-34(24-22(25(36)37)14-28-35(24)4-2)26(38)33(20)15-19-13-27-12-11-21(19)17-7-9-18(10-8-17)23-29-31-32-30-23/h7-14,16H,3-6,15H2,1-2H3,(H,36,37)(H,29,30,31,32). The van der Waals surface area contributed by atoms with Gasteiger partial charge in [0.1, 0.15) is 5.56 Å². The number of H-pyrrole nitrogens is 1. The first-order valence-electron chi connectivity index (χ1n) is 12.4. The molecule has 0 fully saturated rings. The molecule has 0 bridgehead atoms. The molecule has 12 nitrogen and oxygen atoms in total. The van der Waals surface area contributed by atoms with Crippen LogP contribution in [0.4, 0.5) is 0 Å². The quantitative estimate of drug-likeness (QED) is 0.289. The van der Waals surface area contributed by atoms with Gasteiger partial charge in [0, 0.05) is 36.4 Å². The number of aromatic carboxylic acids is 1. The van der Waals surface area contributed by atoms with Crippen LogP contribution in [-0.4, -0.2) is 55.6 Å². The van der Waals surface area contributed by atoms with Gasteiger partial charge in [-0.3, -0.25) is 14.1 Å². The number of carboxylic acid groups (broad SMARTS) is 1. The highest BCUT2D eigenvalue weighted by Gasteiger charge is 2.23. The van der Waals surface area contributed by atoms with Crippen molar-refractivity contribution in [2.45, 2.75) is 46.2 Å². The molecule has 0 aliphatic rings. The van der Waals surface area contributed by atoms with Gasteiger partial charge in [0.15, 0.2) is 11.6 Å². The number of nitrogens with zero attached hydrogens (tertiary/aromatic N) is 8. The summed E-state index contributed by atoms with van der Waals surface area (Å²) in [7, 11) is 0. The van der Waals surface area contributed by atoms with E-state index >= 15 is 0 Å². The van der Waals surface area contributed by atoms with E-state index in [-0.39, 0.29) is 23.6 Å². The number of carbonyl (C=O) groups is 1. The number of hydrogen-bond donors (Lipinski definition) is 2. The number of aromatic amines is 1. The molecule has 4 heterocycles. The predicted octanol–water partition coefficient (Wildman–Crippen LogP) is 3.19. The van der Waals surface area contributed by atoms with Crippen molar-refractivity contribution in [1.29, 1.82) is 0 Å². The Bertz CT molecular complexity index is 1610. The topological polar surface area (TPSA) is 149 Å². The first-order chi connectivity index (χ1) is 18.5. The summed E-state index contributed by atoms with van der Waals surface area (Å²) in [4.78, 5) is 30.0. The monoisotopic (exact) mass is 513 g/mol. The maximum absolute atomic E-state index is 13.8. The number of aromatic nitrogens is 9. The highest BCUT2D eigenvalue weighted by molar-refractivity contribution is 5.91. The average molecular weight is 514 g/mol. The van der Waals surface area contributed by atoms with E-state index in [2.05, 4.69) is 37.6 Å². The molecular formula is C26H27N9O3. The van der Waals surface area contributed by atoms with Crippen molar-refractivity contribution in [1.82, 2.24) is 44.5 Å². The molecule has 194 valence electrons. The van der Waals surface area contributed by atoms with E-state index in [9.17, 15) is 14.7 Å². The number of benzene rings is 1. The second-order valence-electron chi connectivity index (χ2n) is 8.83. The number of rotatable bonds is 10. The predicted molar refractivity (Wildman–Crippen MR) is 139 cm³/mol. The van der Waals surface area contributed by atoms with Crippen LogP contribution in [0.25, 0.3) is 28.3 Å². The maximum atomic E-state index is 13.8. The Balaban J connectivity index is 1.57. The van der Waals surface area contributed by atoms with Crippen LogP contribution in [-0.2, 0) is 19.5 Å². The third-order valence-electron chi connectivity index (χ3n) is 6.46. The number of nitrogens with one attached hydrogen (secondary N) is 1. The summed E-state index contributed by atoms with van der Waals surface area (Å²) in [6.07, 6.45) is 9.03. The van der Waals surface area contributed by atoms with Gasteiger partial charge in [0.05, 0.1) is 12.7 Å². The van der Waals surface area contributed by atoms with Crippen LogP contribution in [0.3, 0.4) is 0 Å². The van der Waals surface area contributed by atoms with Crippen molar-refractivity contribution in [3.05, 3.63) is 82.4 Å². The van der Waals surface area contributed by atoms with Crippen molar-refractivity contribution in [3.63, 3.8) is 0 Å². The van der Waals surface area contributed by atoms with E-state index in [0.717, 1.165) is 40.8 Å². The van der Waals surface area contributed by atoms with Gasteiger partial charge in [-0.25, -0.2) is 19.4 Å². The van der Waals surface area contributed by atoms with Gasteiger partial charge in [-0.2, -0.15) is 5.10 Å². The third-order valence-corrected chi connectivity index (χ3v) is 6.46.